The number of aliphatic carboxylic acids is 1. The number of piperazine rings is 1. The van der Waals surface area contributed by atoms with Gasteiger partial charge in [-0.2, -0.15) is 19.5 Å². The molecule has 0 saturated carbocycles. The van der Waals surface area contributed by atoms with Gasteiger partial charge in [0.05, 0.1) is 12.0 Å². The molecule has 13 nitrogen and oxygen atoms in total. The molecule has 5 heterocycles. The molecule has 0 amide bonds. The molecule has 14 heteroatoms. The summed E-state index contributed by atoms with van der Waals surface area (Å²) in [5.41, 5.74) is 7.16. The number of carboxylic acid groups (broad SMARTS) is 1. The van der Waals surface area contributed by atoms with Gasteiger partial charge >= 0.3 is 5.97 Å². The van der Waals surface area contributed by atoms with Crippen molar-refractivity contribution in [3.8, 4) is 17.3 Å². The van der Waals surface area contributed by atoms with E-state index in [4.69, 9.17) is 20.0 Å². The number of nitrogen functional groups attached to an aromatic ring is 1. The molecule has 0 bridgehead atoms. The lowest BCUT2D eigenvalue weighted by molar-refractivity contribution is -0.139. The monoisotopic (exact) mass is 569 g/mol. The highest BCUT2D eigenvalue weighted by Gasteiger charge is 2.27. The van der Waals surface area contributed by atoms with E-state index in [1.807, 2.05) is 24.3 Å². The molecule has 3 N–H and O–H groups in total. The molecule has 2 aliphatic heterocycles. The minimum Gasteiger partial charge on any atom is -0.480 e. The van der Waals surface area contributed by atoms with Crippen LogP contribution in [0.4, 0.5) is 17.6 Å². The number of hydrogen-bond donors (Lipinski definition) is 2. The van der Waals surface area contributed by atoms with Crippen molar-refractivity contribution >= 4 is 41.7 Å². The summed E-state index contributed by atoms with van der Waals surface area (Å²) in [5, 5.41) is 13.4. The second-order valence-electron chi connectivity index (χ2n) is 9.90. The zero-order chi connectivity index (χ0) is 26.8. The normalized spacial score (nSPS) is 18.1. The van der Waals surface area contributed by atoms with Gasteiger partial charge in [-0.05, 0) is 43.0 Å². The van der Waals surface area contributed by atoms with Gasteiger partial charge in [-0.15, -0.1) is 17.5 Å². The minimum atomic E-state index is -0.982. The summed E-state index contributed by atoms with van der Waals surface area (Å²) in [6.07, 6.45) is 3.77. The Hall–Kier alpha value is -4.10. The van der Waals surface area contributed by atoms with E-state index in [2.05, 4.69) is 34.8 Å². The molecule has 2 saturated heterocycles. The number of hydrogen-bond acceptors (Lipinski definition) is 11. The van der Waals surface area contributed by atoms with Gasteiger partial charge in [0.1, 0.15) is 5.75 Å². The van der Waals surface area contributed by atoms with E-state index in [0.29, 0.717) is 35.0 Å². The fraction of sp³-hybridized carbons (Fsp3) is 0.423. The SMILES string of the molecule is Cl.Nc1nc(N2CCCC(CN3CCN(c4ccccc4OCC(=O)O)CC3)C2)nc2nc(-c3ccco3)nn12. The standard InChI is InChI=1S/C26H31N9O4.ClH/c27-24-29-25(30-26-28-23(31-35(24)26)21-8-4-14-38-21)34-9-3-5-18(16-34)15-32-10-12-33(13-11-32)19-6-1-2-7-20(19)39-17-22(36)37;/h1-2,4,6-8,14,18H,3,5,9-13,15-17H2,(H,36,37)(H2,27,28,29,30,31);1H. The lowest BCUT2D eigenvalue weighted by atomic mass is 9.97. The van der Waals surface area contributed by atoms with Crippen LogP contribution in [0.2, 0.25) is 0 Å². The third-order valence-corrected chi connectivity index (χ3v) is 7.21. The topological polar surface area (TPSA) is 151 Å². The molecular formula is C26H32ClN9O4. The molecule has 2 aliphatic rings. The number of nitrogens with two attached hydrogens (primary N) is 1. The predicted octanol–water partition coefficient (Wildman–Crippen LogP) is 2.29. The molecule has 0 aliphatic carbocycles. The maximum Gasteiger partial charge on any atom is 0.341 e. The maximum absolute atomic E-state index is 11.0. The van der Waals surface area contributed by atoms with Crippen molar-refractivity contribution in [3.63, 3.8) is 0 Å². The number of anilines is 3. The van der Waals surface area contributed by atoms with Gasteiger partial charge < -0.3 is 29.8 Å². The number of nitrogens with zero attached hydrogens (tertiary/aromatic N) is 8. The summed E-state index contributed by atoms with van der Waals surface area (Å²) < 4.78 is 12.4. The molecule has 2 fully saturated rings. The van der Waals surface area contributed by atoms with Crippen LogP contribution in [-0.4, -0.2) is 93.0 Å². The average Bonchev–Trinajstić information content (AvgIpc) is 3.63. The lowest BCUT2D eigenvalue weighted by Gasteiger charge is -2.40. The molecular weight excluding hydrogens is 538 g/mol. The number of para-hydroxylation sites is 2. The lowest BCUT2D eigenvalue weighted by Crippen LogP contribution is -2.50. The van der Waals surface area contributed by atoms with Crippen molar-refractivity contribution in [1.29, 1.82) is 0 Å². The van der Waals surface area contributed by atoms with E-state index >= 15 is 0 Å². The fourth-order valence-electron chi connectivity index (χ4n) is 5.36. The molecule has 4 aromatic rings. The first kappa shape index (κ1) is 27.5. The summed E-state index contributed by atoms with van der Waals surface area (Å²) >= 11 is 0. The number of benzene rings is 1. The summed E-state index contributed by atoms with van der Waals surface area (Å²) in [6, 6.07) is 11.2. The third kappa shape index (κ3) is 5.89. The van der Waals surface area contributed by atoms with Crippen molar-refractivity contribution in [3.05, 3.63) is 42.7 Å². The number of furan rings is 1. The first-order chi connectivity index (χ1) is 19.0. The molecule has 40 heavy (non-hydrogen) atoms. The van der Waals surface area contributed by atoms with Crippen LogP contribution in [0.1, 0.15) is 12.8 Å². The van der Waals surface area contributed by atoms with Crippen molar-refractivity contribution in [1.82, 2.24) is 29.5 Å². The van der Waals surface area contributed by atoms with E-state index in [9.17, 15) is 4.79 Å². The van der Waals surface area contributed by atoms with Crippen LogP contribution in [0.15, 0.2) is 47.1 Å². The van der Waals surface area contributed by atoms with Crippen LogP contribution in [0.25, 0.3) is 17.4 Å². The highest BCUT2D eigenvalue weighted by Crippen LogP contribution is 2.29. The quantitative estimate of drug-likeness (QED) is 0.320. The molecule has 1 unspecified atom stereocenters. The molecule has 0 radical (unpaired) electrons. The van der Waals surface area contributed by atoms with Gasteiger partial charge in [-0.3, -0.25) is 4.90 Å². The number of aromatic nitrogens is 5. The summed E-state index contributed by atoms with van der Waals surface area (Å²) in [4.78, 5) is 31.6. The Balaban J connectivity index is 0.00000323. The van der Waals surface area contributed by atoms with Gasteiger partial charge in [-0.25, -0.2) is 4.79 Å². The van der Waals surface area contributed by atoms with Gasteiger partial charge in [0.15, 0.2) is 12.4 Å². The maximum atomic E-state index is 11.0. The minimum absolute atomic E-state index is 0. The van der Waals surface area contributed by atoms with Crippen LogP contribution >= 0.6 is 12.4 Å². The van der Waals surface area contributed by atoms with Crippen LogP contribution < -0.4 is 20.3 Å². The fourth-order valence-corrected chi connectivity index (χ4v) is 5.36. The Morgan fingerprint density at radius 1 is 1.05 bits per heavy atom. The second-order valence-corrected chi connectivity index (χ2v) is 9.90. The first-order valence-corrected chi connectivity index (χ1v) is 13.1. The smallest absolute Gasteiger partial charge is 0.341 e. The van der Waals surface area contributed by atoms with Gasteiger partial charge in [0, 0.05) is 45.8 Å². The Bertz CT molecular complexity index is 1440. The highest BCUT2D eigenvalue weighted by atomic mass is 35.5. The number of carbonyl (C=O) groups is 1. The molecule has 3 aromatic heterocycles. The van der Waals surface area contributed by atoms with Crippen LogP contribution in [0.5, 0.6) is 5.75 Å². The first-order valence-electron chi connectivity index (χ1n) is 13.1. The van der Waals surface area contributed by atoms with E-state index in [0.717, 1.165) is 64.3 Å². The Morgan fingerprint density at radius 3 is 2.65 bits per heavy atom. The van der Waals surface area contributed by atoms with Crippen LogP contribution in [0, 0.1) is 5.92 Å². The number of halogens is 1. The summed E-state index contributed by atoms with van der Waals surface area (Å²) in [6.45, 7) is 5.92. The van der Waals surface area contributed by atoms with E-state index < -0.39 is 5.97 Å². The Morgan fingerprint density at radius 2 is 1.88 bits per heavy atom. The number of carboxylic acids is 1. The van der Waals surface area contributed by atoms with Crippen molar-refractivity contribution in [2.75, 3.05) is 68.0 Å². The van der Waals surface area contributed by atoms with Crippen LogP contribution in [0.3, 0.4) is 0 Å². The predicted molar refractivity (Wildman–Crippen MR) is 151 cm³/mol. The summed E-state index contributed by atoms with van der Waals surface area (Å²) in [5.74, 6) is 2.29. The van der Waals surface area contributed by atoms with Crippen LogP contribution in [-0.2, 0) is 4.79 Å². The summed E-state index contributed by atoms with van der Waals surface area (Å²) in [7, 11) is 0. The highest BCUT2D eigenvalue weighted by molar-refractivity contribution is 5.85. The number of rotatable bonds is 8. The number of fused-ring (bicyclic) bond motifs is 1. The van der Waals surface area contributed by atoms with Crippen molar-refractivity contribution < 1.29 is 19.1 Å². The van der Waals surface area contributed by atoms with Gasteiger partial charge in [0.25, 0.3) is 5.78 Å². The molecule has 212 valence electrons. The van der Waals surface area contributed by atoms with Crippen molar-refractivity contribution in [2.24, 2.45) is 5.92 Å². The number of piperidine rings is 1. The third-order valence-electron chi connectivity index (χ3n) is 7.21. The number of ether oxygens (including phenoxy) is 1. The Kier molecular flexibility index (Phi) is 8.21. The molecule has 1 atom stereocenters. The Labute approximate surface area is 237 Å². The average molecular weight is 570 g/mol. The largest absolute Gasteiger partial charge is 0.480 e. The van der Waals surface area contributed by atoms with E-state index in [-0.39, 0.29) is 25.0 Å². The van der Waals surface area contributed by atoms with E-state index in [1.54, 1.807) is 18.4 Å². The second kappa shape index (κ2) is 12.0. The van der Waals surface area contributed by atoms with Gasteiger partial charge in [-0.1, -0.05) is 12.1 Å². The molecule has 0 spiro atoms. The zero-order valence-electron chi connectivity index (χ0n) is 21.9. The van der Waals surface area contributed by atoms with E-state index in [1.165, 1.54) is 4.52 Å². The van der Waals surface area contributed by atoms with Crippen molar-refractivity contribution in [2.45, 2.75) is 12.8 Å². The molecule has 6 rings (SSSR count). The molecule has 1 aromatic carbocycles. The van der Waals surface area contributed by atoms with Gasteiger partial charge in [0.2, 0.25) is 17.7 Å². The zero-order valence-corrected chi connectivity index (χ0v) is 22.7.